The lowest BCUT2D eigenvalue weighted by Crippen LogP contribution is -2.13. The van der Waals surface area contributed by atoms with Crippen molar-refractivity contribution in [2.24, 2.45) is 0 Å². The zero-order chi connectivity index (χ0) is 22.4. The van der Waals surface area contributed by atoms with Crippen molar-refractivity contribution >= 4 is 56.8 Å². The second-order valence-electron chi connectivity index (χ2n) is 6.65. The van der Waals surface area contributed by atoms with Crippen molar-refractivity contribution < 1.29 is 9.53 Å². The van der Waals surface area contributed by atoms with Crippen LogP contribution in [0.3, 0.4) is 0 Å². The van der Waals surface area contributed by atoms with Crippen LogP contribution in [0.5, 0.6) is 5.75 Å². The molecule has 0 fully saturated rings. The third-order valence-electron chi connectivity index (χ3n) is 4.41. The van der Waals surface area contributed by atoms with E-state index in [0.717, 1.165) is 15.6 Å². The average molecular weight is 516 g/mol. The Morgan fingerprint density at radius 3 is 2.61 bits per heavy atom. The number of carbonyl (C=O) groups is 1. The molecule has 3 aromatic carbocycles. The molecule has 0 bridgehead atoms. The minimum absolute atomic E-state index is 0.0719. The van der Waals surface area contributed by atoms with Crippen LogP contribution in [0.4, 0.5) is 5.69 Å². The van der Waals surface area contributed by atoms with E-state index in [1.165, 1.54) is 6.08 Å². The van der Waals surface area contributed by atoms with Crippen LogP contribution in [0.25, 0.3) is 6.08 Å². The van der Waals surface area contributed by atoms with E-state index in [-0.39, 0.29) is 12.2 Å². The summed E-state index contributed by atoms with van der Waals surface area (Å²) >= 11 is 15.7. The van der Waals surface area contributed by atoms with Crippen LogP contribution in [-0.2, 0) is 11.4 Å². The molecule has 0 aliphatic rings. The van der Waals surface area contributed by atoms with Crippen LogP contribution < -0.4 is 10.1 Å². The number of nitrogens with zero attached hydrogens (tertiary/aromatic N) is 1. The lowest BCUT2D eigenvalue weighted by molar-refractivity contribution is -0.112. The number of hydrogen-bond donors (Lipinski definition) is 1. The molecule has 3 aromatic rings. The molecule has 0 aliphatic carbocycles. The first-order valence-corrected chi connectivity index (χ1v) is 10.8. The molecule has 0 atom stereocenters. The summed E-state index contributed by atoms with van der Waals surface area (Å²) in [5, 5.41) is 13.4. The fraction of sp³-hybridized carbons (Fsp3) is 0.0833. The molecule has 0 spiro atoms. The molecule has 0 unspecified atom stereocenters. The summed E-state index contributed by atoms with van der Waals surface area (Å²) in [6.45, 7) is 2.12. The Morgan fingerprint density at radius 2 is 1.90 bits per heavy atom. The summed E-state index contributed by atoms with van der Waals surface area (Å²) in [4.78, 5) is 12.6. The van der Waals surface area contributed by atoms with Gasteiger partial charge in [-0.2, -0.15) is 5.26 Å². The lowest BCUT2D eigenvalue weighted by atomic mass is 10.1. The van der Waals surface area contributed by atoms with E-state index in [1.807, 2.05) is 37.3 Å². The number of aryl methyl sites for hydroxylation is 1. The highest BCUT2D eigenvalue weighted by atomic mass is 79.9. The Kier molecular flexibility index (Phi) is 7.75. The monoisotopic (exact) mass is 514 g/mol. The molecule has 0 aromatic heterocycles. The van der Waals surface area contributed by atoms with E-state index in [0.29, 0.717) is 27.0 Å². The van der Waals surface area contributed by atoms with Gasteiger partial charge in [-0.05, 0) is 55.0 Å². The van der Waals surface area contributed by atoms with Crippen molar-refractivity contribution in [3.8, 4) is 11.8 Å². The molecular formula is C24H17BrCl2N2O2. The number of ether oxygens (including phenoxy) is 1. The number of nitriles is 1. The van der Waals surface area contributed by atoms with Crippen LogP contribution in [-0.4, -0.2) is 5.91 Å². The predicted octanol–water partition coefficient (Wildman–Crippen LogP) is 7.19. The van der Waals surface area contributed by atoms with Gasteiger partial charge in [0.15, 0.2) is 0 Å². The highest BCUT2D eigenvalue weighted by Crippen LogP contribution is 2.28. The number of halogens is 3. The number of benzene rings is 3. The Bertz CT molecular complexity index is 1200. The van der Waals surface area contributed by atoms with Crippen molar-refractivity contribution in [1.29, 1.82) is 5.26 Å². The molecule has 1 amide bonds. The fourth-order valence-corrected chi connectivity index (χ4v) is 3.46. The Balaban J connectivity index is 1.84. The molecule has 4 nitrogen and oxygen atoms in total. The second kappa shape index (κ2) is 10.5. The van der Waals surface area contributed by atoms with Crippen molar-refractivity contribution in [2.45, 2.75) is 13.5 Å². The number of hydrogen-bond acceptors (Lipinski definition) is 3. The van der Waals surface area contributed by atoms with Crippen LogP contribution in [0.1, 0.15) is 16.7 Å². The maximum absolute atomic E-state index is 12.6. The zero-order valence-electron chi connectivity index (χ0n) is 16.5. The van der Waals surface area contributed by atoms with Gasteiger partial charge >= 0.3 is 0 Å². The molecule has 0 aliphatic heterocycles. The van der Waals surface area contributed by atoms with Crippen molar-refractivity contribution in [3.05, 3.63) is 97.4 Å². The van der Waals surface area contributed by atoms with Gasteiger partial charge in [0.05, 0.1) is 0 Å². The molecule has 3 rings (SSSR count). The van der Waals surface area contributed by atoms with Gasteiger partial charge in [-0.1, -0.05) is 63.4 Å². The van der Waals surface area contributed by atoms with Gasteiger partial charge in [-0.15, -0.1) is 0 Å². The van der Waals surface area contributed by atoms with E-state index in [4.69, 9.17) is 27.9 Å². The minimum atomic E-state index is -0.542. The topological polar surface area (TPSA) is 62.1 Å². The third-order valence-corrected chi connectivity index (χ3v) is 5.68. The molecule has 156 valence electrons. The maximum atomic E-state index is 12.6. The molecular weight excluding hydrogens is 499 g/mol. The van der Waals surface area contributed by atoms with Crippen LogP contribution >= 0.6 is 39.1 Å². The van der Waals surface area contributed by atoms with Gasteiger partial charge in [0.25, 0.3) is 5.91 Å². The molecule has 1 N–H and O–H groups in total. The number of nitrogens with one attached hydrogen (secondary N) is 1. The second-order valence-corrected chi connectivity index (χ2v) is 8.38. The summed E-state index contributed by atoms with van der Waals surface area (Å²) in [5.74, 6) is -0.0264. The zero-order valence-corrected chi connectivity index (χ0v) is 19.6. The summed E-state index contributed by atoms with van der Waals surface area (Å²) in [6.07, 6.45) is 1.48. The fourth-order valence-electron chi connectivity index (χ4n) is 2.71. The standard InChI is InChI=1S/C24H17BrCl2N2O2/c1-15-6-8-20(12-22(15)27)29-24(30)18(13-28)10-17-11-19(25)7-9-23(17)31-14-16-4-2-3-5-21(16)26/h2-12H,14H2,1H3,(H,29,30)/b18-10-. The summed E-state index contributed by atoms with van der Waals surface area (Å²) < 4.78 is 6.71. The molecule has 0 radical (unpaired) electrons. The number of rotatable bonds is 6. The van der Waals surface area contributed by atoms with E-state index in [2.05, 4.69) is 21.2 Å². The molecule has 0 saturated heterocycles. The van der Waals surface area contributed by atoms with Gasteiger partial charge in [0.1, 0.15) is 24.0 Å². The summed E-state index contributed by atoms with van der Waals surface area (Å²) in [6, 6.07) is 19.9. The first kappa shape index (κ1) is 22.9. The van der Waals surface area contributed by atoms with Gasteiger partial charge in [0, 0.05) is 31.3 Å². The van der Waals surface area contributed by atoms with E-state index >= 15 is 0 Å². The number of anilines is 1. The quantitative estimate of drug-likeness (QED) is 0.279. The molecule has 0 heterocycles. The van der Waals surface area contributed by atoms with E-state index < -0.39 is 5.91 Å². The first-order valence-electron chi connectivity index (χ1n) is 9.22. The largest absolute Gasteiger partial charge is 0.488 e. The highest BCUT2D eigenvalue weighted by Gasteiger charge is 2.13. The number of amides is 1. The first-order chi connectivity index (χ1) is 14.9. The molecule has 31 heavy (non-hydrogen) atoms. The normalized spacial score (nSPS) is 11.0. The average Bonchev–Trinajstić information content (AvgIpc) is 2.75. The lowest BCUT2D eigenvalue weighted by Gasteiger charge is -2.12. The minimum Gasteiger partial charge on any atom is -0.488 e. The summed E-state index contributed by atoms with van der Waals surface area (Å²) in [5.41, 5.74) is 2.74. The highest BCUT2D eigenvalue weighted by molar-refractivity contribution is 9.10. The van der Waals surface area contributed by atoms with Crippen LogP contribution in [0.15, 0.2) is 70.7 Å². The van der Waals surface area contributed by atoms with Crippen LogP contribution in [0.2, 0.25) is 10.0 Å². The smallest absolute Gasteiger partial charge is 0.266 e. The molecule has 0 saturated carbocycles. The maximum Gasteiger partial charge on any atom is 0.266 e. The van der Waals surface area contributed by atoms with Crippen LogP contribution in [0, 0.1) is 18.3 Å². The van der Waals surface area contributed by atoms with Crippen molar-refractivity contribution in [1.82, 2.24) is 0 Å². The van der Waals surface area contributed by atoms with E-state index in [9.17, 15) is 10.1 Å². The summed E-state index contributed by atoms with van der Waals surface area (Å²) in [7, 11) is 0. The van der Waals surface area contributed by atoms with Crippen molar-refractivity contribution in [3.63, 3.8) is 0 Å². The van der Waals surface area contributed by atoms with Gasteiger partial charge in [-0.3, -0.25) is 4.79 Å². The number of carbonyl (C=O) groups excluding carboxylic acids is 1. The van der Waals surface area contributed by atoms with E-state index in [1.54, 1.807) is 36.4 Å². The Morgan fingerprint density at radius 1 is 1.13 bits per heavy atom. The predicted molar refractivity (Wildman–Crippen MR) is 128 cm³/mol. The Labute approximate surface area is 199 Å². The SMILES string of the molecule is Cc1ccc(NC(=O)/C(C#N)=C\c2cc(Br)ccc2OCc2ccccc2Cl)cc1Cl. The third kappa shape index (κ3) is 6.11. The molecule has 7 heteroatoms. The van der Waals surface area contributed by atoms with Gasteiger partial charge < -0.3 is 10.1 Å². The van der Waals surface area contributed by atoms with Gasteiger partial charge in [0.2, 0.25) is 0 Å². The Hall–Kier alpha value is -2.78. The van der Waals surface area contributed by atoms with Crippen molar-refractivity contribution in [2.75, 3.05) is 5.32 Å². The van der Waals surface area contributed by atoms with Gasteiger partial charge in [-0.25, -0.2) is 0 Å².